The highest BCUT2D eigenvalue weighted by Gasteiger charge is 2.11. The van der Waals surface area contributed by atoms with E-state index in [0.29, 0.717) is 38.0 Å². The Labute approximate surface area is 118 Å². The molecule has 0 aliphatic carbocycles. The number of nitro groups is 1. The molecule has 0 spiro atoms. The molecule has 2 N–H and O–H groups in total. The van der Waals surface area contributed by atoms with Crippen LogP contribution in [-0.4, -0.2) is 30.5 Å². The van der Waals surface area contributed by atoms with Gasteiger partial charge >= 0.3 is 0 Å². The molecule has 0 aliphatic rings. The molecule has 0 fully saturated rings. The summed E-state index contributed by atoms with van der Waals surface area (Å²) in [5.41, 5.74) is 0.857. The lowest BCUT2D eigenvalue weighted by Gasteiger charge is -2.06. The minimum Gasteiger partial charge on any atom is -0.356 e. The predicted octanol–water partition coefficient (Wildman–Crippen LogP) is 1.64. The van der Waals surface area contributed by atoms with Crippen LogP contribution in [0, 0.1) is 10.1 Å². The van der Waals surface area contributed by atoms with Gasteiger partial charge in [0, 0.05) is 31.1 Å². The zero-order valence-electron chi connectivity index (χ0n) is 11.7. The lowest BCUT2D eigenvalue weighted by molar-refractivity contribution is -0.385. The zero-order valence-corrected chi connectivity index (χ0v) is 11.7. The summed E-state index contributed by atoms with van der Waals surface area (Å²) in [6.45, 7) is 3.91. The minimum atomic E-state index is -0.368. The van der Waals surface area contributed by atoms with E-state index < -0.39 is 0 Å². The number of para-hydroxylation sites is 1. The lowest BCUT2D eigenvalue weighted by Crippen LogP contribution is -2.28. The van der Waals surface area contributed by atoms with E-state index in [-0.39, 0.29) is 16.5 Å². The van der Waals surface area contributed by atoms with Gasteiger partial charge < -0.3 is 10.6 Å². The number of nitrogens with zero attached hydrogens (tertiary/aromatic N) is 1. The normalized spacial score (nSPS) is 10.2. The molecule has 6 heteroatoms. The van der Waals surface area contributed by atoms with E-state index in [1.807, 2.05) is 6.92 Å². The van der Waals surface area contributed by atoms with Crippen LogP contribution in [-0.2, 0) is 11.2 Å². The average Bonchev–Trinajstić information content (AvgIpc) is 2.45. The zero-order chi connectivity index (χ0) is 14.8. The molecule has 0 bridgehead atoms. The van der Waals surface area contributed by atoms with Crippen molar-refractivity contribution < 1.29 is 9.72 Å². The summed E-state index contributed by atoms with van der Waals surface area (Å²) >= 11 is 0. The van der Waals surface area contributed by atoms with Crippen molar-refractivity contribution in [3.05, 3.63) is 39.9 Å². The second kappa shape index (κ2) is 9.03. The highest BCUT2D eigenvalue weighted by atomic mass is 16.6. The molecule has 0 heterocycles. The second-order valence-electron chi connectivity index (χ2n) is 4.49. The first kappa shape index (κ1) is 16.1. The maximum absolute atomic E-state index is 11.3. The Bertz CT molecular complexity index is 449. The SMILES string of the molecule is CCCNC(=O)CCNCCc1ccccc1[N+](=O)[O-]. The number of carbonyl (C=O) groups is 1. The van der Waals surface area contributed by atoms with Gasteiger partial charge in [-0.05, 0) is 19.4 Å². The molecule has 1 amide bonds. The van der Waals surface area contributed by atoms with Gasteiger partial charge in [-0.1, -0.05) is 25.1 Å². The molecule has 0 radical (unpaired) electrons. The molecule has 1 aromatic carbocycles. The number of hydrogen-bond donors (Lipinski definition) is 2. The highest BCUT2D eigenvalue weighted by molar-refractivity contribution is 5.75. The van der Waals surface area contributed by atoms with E-state index in [4.69, 9.17) is 0 Å². The Morgan fingerprint density at radius 3 is 2.70 bits per heavy atom. The van der Waals surface area contributed by atoms with Crippen LogP contribution < -0.4 is 10.6 Å². The van der Waals surface area contributed by atoms with Crippen molar-refractivity contribution in [1.82, 2.24) is 10.6 Å². The standard InChI is InChI=1S/C14H21N3O3/c1-2-9-16-14(18)8-11-15-10-7-12-5-3-4-6-13(12)17(19)20/h3-6,15H,2,7-11H2,1H3,(H,16,18). The highest BCUT2D eigenvalue weighted by Crippen LogP contribution is 2.17. The fourth-order valence-corrected chi connectivity index (χ4v) is 1.80. The average molecular weight is 279 g/mol. The smallest absolute Gasteiger partial charge is 0.272 e. The summed E-state index contributed by atoms with van der Waals surface area (Å²) in [6.07, 6.45) is 1.93. The molecule has 0 aromatic heterocycles. The number of hydrogen-bond acceptors (Lipinski definition) is 4. The number of benzene rings is 1. The Hall–Kier alpha value is -1.95. The van der Waals surface area contributed by atoms with Gasteiger partial charge in [-0.2, -0.15) is 0 Å². The molecule has 20 heavy (non-hydrogen) atoms. The monoisotopic (exact) mass is 279 g/mol. The Morgan fingerprint density at radius 2 is 2.00 bits per heavy atom. The van der Waals surface area contributed by atoms with Gasteiger partial charge in [-0.25, -0.2) is 0 Å². The summed E-state index contributed by atoms with van der Waals surface area (Å²) in [4.78, 5) is 21.8. The molecule has 0 aliphatic heterocycles. The second-order valence-corrected chi connectivity index (χ2v) is 4.49. The third-order valence-corrected chi connectivity index (χ3v) is 2.86. The van der Waals surface area contributed by atoms with E-state index >= 15 is 0 Å². The third kappa shape index (κ3) is 5.79. The predicted molar refractivity (Wildman–Crippen MR) is 77.6 cm³/mol. The Kier molecular flexibility index (Phi) is 7.27. The molecular weight excluding hydrogens is 258 g/mol. The molecule has 0 unspecified atom stereocenters. The summed E-state index contributed by atoms with van der Waals surface area (Å²) in [7, 11) is 0. The van der Waals surface area contributed by atoms with E-state index in [0.717, 1.165) is 6.42 Å². The first-order valence-corrected chi connectivity index (χ1v) is 6.85. The maximum atomic E-state index is 11.3. The fraction of sp³-hybridized carbons (Fsp3) is 0.500. The van der Waals surface area contributed by atoms with Crippen LogP contribution >= 0.6 is 0 Å². The van der Waals surface area contributed by atoms with Crippen LogP contribution in [0.4, 0.5) is 5.69 Å². The van der Waals surface area contributed by atoms with E-state index in [9.17, 15) is 14.9 Å². The first-order chi connectivity index (χ1) is 9.65. The lowest BCUT2D eigenvalue weighted by atomic mass is 10.1. The van der Waals surface area contributed by atoms with Gasteiger partial charge in [0.2, 0.25) is 5.91 Å². The fourth-order valence-electron chi connectivity index (χ4n) is 1.80. The van der Waals surface area contributed by atoms with E-state index in [1.54, 1.807) is 18.2 Å². The number of carbonyl (C=O) groups excluding carboxylic acids is 1. The summed E-state index contributed by atoms with van der Waals surface area (Å²) < 4.78 is 0. The van der Waals surface area contributed by atoms with Gasteiger partial charge in [0.05, 0.1) is 4.92 Å². The van der Waals surface area contributed by atoms with Crippen LogP contribution in [0.3, 0.4) is 0 Å². The molecule has 0 atom stereocenters. The van der Waals surface area contributed by atoms with Gasteiger partial charge in [0.15, 0.2) is 0 Å². The van der Waals surface area contributed by atoms with Crippen LogP contribution in [0.15, 0.2) is 24.3 Å². The number of amides is 1. The molecule has 1 rings (SSSR count). The molecule has 6 nitrogen and oxygen atoms in total. The quantitative estimate of drug-likeness (QED) is 0.409. The van der Waals surface area contributed by atoms with E-state index in [1.165, 1.54) is 6.07 Å². The van der Waals surface area contributed by atoms with Crippen LogP contribution in [0.1, 0.15) is 25.3 Å². The largest absolute Gasteiger partial charge is 0.356 e. The summed E-state index contributed by atoms with van der Waals surface area (Å²) in [5.74, 6) is 0.0324. The van der Waals surface area contributed by atoms with Crippen molar-refractivity contribution in [3.8, 4) is 0 Å². The van der Waals surface area contributed by atoms with E-state index in [2.05, 4.69) is 10.6 Å². The van der Waals surface area contributed by atoms with Crippen molar-refractivity contribution in [3.63, 3.8) is 0 Å². The van der Waals surface area contributed by atoms with Crippen LogP contribution in [0.2, 0.25) is 0 Å². The third-order valence-electron chi connectivity index (χ3n) is 2.86. The van der Waals surface area contributed by atoms with Gasteiger partial charge in [-0.15, -0.1) is 0 Å². The summed E-state index contributed by atoms with van der Waals surface area (Å²) in [6, 6.07) is 6.72. The van der Waals surface area contributed by atoms with Crippen molar-refractivity contribution in [2.75, 3.05) is 19.6 Å². The number of nitro benzene ring substituents is 1. The Morgan fingerprint density at radius 1 is 1.25 bits per heavy atom. The number of rotatable bonds is 9. The van der Waals surface area contributed by atoms with Crippen LogP contribution in [0.5, 0.6) is 0 Å². The molecule has 1 aromatic rings. The first-order valence-electron chi connectivity index (χ1n) is 6.85. The topological polar surface area (TPSA) is 84.3 Å². The van der Waals surface area contributed by atoms with Crippen molar-refractivity contribution in [1.29, 1.82) is 0 Å². The molecule has 110 valence electrons. The maximum Gasteiger partial charge on any atom is 0.272 e. The van der Waals surface area contributed by atoms with Crippen molar-refractivity contribution in [2.45, 2.75) is 26.2 Å². The Balaban J connectivity index is 2.25. The van der Waals surface area contributed by atoms with Gasteiger partial charge in [0.1, 0.15) is 0 Å². The van der Waals surface area contributed by atoms with Crippen molar-refractivity contribution in [2.24, 2.45) is 0 Å². The van der Waals surface area contributed by atoms with Gasteiger partial charge in [0.25, 0.3) is 5.69 Å². The number of nitrogens with one attached hydrogen (secondary N) is 2. The van der Waals surface area contributed by atoms with Gasteiger partial charge in [-0.3, -0.25) is 14.9 Å². The molecule has 0 saturated heterocycles. The minimum absolute atomic E-state index is 0.0324. The molecular formula is C14H21N3O3. The van der Waals surface area contributed by atoms with Crippen molar-refractivity contribution >= 4 is 11.6 Å². The summed E-state index contributed by atoms with van der Waals surface area (Å²) in [5, 5.41) is 16.8. The molecule has 0 saturated carbocycles. The van der Waals surface area contributed by atoms with Crippen LogP contribution in [0.25, 0.3) is 0 Å².